The second-order valence-corrected chi connectivity index (χ2v) is 5.13. The molecule has 3 heteroatoms. The van der Waals surface area contributed by atoms with Crippen molar-refractivity contribution in [2.45, 2.75) is 12.5 Å². The van der Waals surface area contributed by atoms with Crippen LogP contribution in [0.4, 0.5) is 0 Å². The molecule has 0 spiro atoms. The van der Waals surface area contributed by atoms with Crippen LogP contribution in [0.2, 0.25) is 0 Å². The second-order valence-electron chi connectivity index (χ2n) is 4.22. The van der Waals surface area contributed by atoms with Gasteiger partial charge in [-0.2, -0.15) is 0 Å². The summed E-state index contributed by atoms with van der Waals surface area (Å²) in [5.41, 5.74) is 0. The van der Waals surface area contributed by atoms with Crippen molar-refractivity contribution >= 4 is 15.9 Å². The first-order valence-corrected chi connectivity index (χ1v) is 6.14. The molecular weight excluding hydrogens is 256 g/mol. The molecule has 1 aromatic rings. The molecule has 0 bridgehead atoms. The van der Waals surface area contributed by atoms with Gasteiger partial charge < -0.3 is 9.47 Å². The average Bonchev–Trinajstić information content (AvgIpc) is 2.71. The third kappa shape index (κ3) is 1.91. The van der Waals surface area contributed by atoms with Gasteiger partial charge in [0, 0.05) is 17.0 Å². The van der Waals surface area contributed by atoms with Crippen molar-refractivity contribution in [1.82, 2.24) is 0 Å². The highest BCUT2D eigenvalue weighted by molar-refractivity contribution is 9.10. The van der Waals surface area contributed by atoms with Gasteiger partial charge in [-0.1, -0.05) is 15.9 Å². The highest BCUT2D eigenvalue weighted by Crippen LogP contribution is 2.48. The van der Waals surface area contributed by atoms with Crippen LogP contribution in [0.15, 0.2) is 28.7 Å². The van der Waals surface area contributed by atoms with Gasteiger partial charge in [-0.3, -0.25) is 0 Å². The van der Waals surface area contributed by atoms with Crippen LogP contribution in [0.25, 0.3) is 0 Å². The molecule has 2 fully saturated rings. The van der Waals surface area contributed by atoms with Crippen molar-refractivity contribution in [2.75, 3.05) is 13.2 Å². The summed E-state index contributed by atoms with van der Waals surface area (Å²) in [5, 5.41) is 0. The SMILES string of the molecule is Brc1ccc(OC[C@H]2[C@@H]3CCO[C@H]32)cc1. The second kappa shape index (κ2) is 3.80. The number of hydrogen-bond acceptors (Lipinski definition) is 2. The van der Waals surface area contributed by atoms with Crippen molar-refractivity contribution in [3.63, 3.8) is 0 Å². The standard InChI is InChI=1S/C12H13BrO2/c13-8-1-3-9(4-2-8)15-7-11-10-5-6-14-12(10)11/h1-4,10-12H,5-7H2/t10-,11-,12+/m0/s1. The first-order valence-electron chi connectivity index (χ1n) is 5.34. The third-order valence-electron chi connectivity index (χ3n) is 3.27. The third-order valence-corrected chi connectivity index (χ3v) is 3.80. The summed E-state index contributed by atoms with van der Waals surface area (Å²) in [6.07, 6.45) is 1.72. The number of rotatable bonds is 3. The zero-order valence-corrected chi connectivity index (χ0v) is 9.94. The zero-order valence-electron chi connectivity index (χ0n) is 8.36. The lowest BCUT2D eigenvalue weighted by Gasteiger charge is -2.07. The van der Waals surface area contributed by atoms with E-state index in [4.69, 9.17) is 9.47 Å². The average molecular weight is 269 g/mol. The molecular formula is C12H13BrO2. The predicted octanol–water partition coefficient (Wildman–Crippen LogP) is 2.86. The van der Waals surface area contributed by atoms with E-state index < -0.39 is 0 Å². The summed E-state index contributed by atoms with van der Waals surface area (Å²) in [4.78, 5) is 0. The van der Waals surface area contributed by atoms with Gasteiger partial charge in [-0.05, 0) is 36.6 Å². The molecule has 0 aromatic heterocycles. The van der Waals surface area contributed by atoms with Gasteiger partial charge in [-0.15, -0.1) is 0 Å². The first-order chi connectivity index (χ1) is 7.34. The van der Waals surface area contributed by atoms with E-state index in [9.17, 15) is 0 Å². The maximum atomic E-state index is 5.72. The molecule has 15 heavy (non-hydrogen) atoms. The monoisotopic (exact) mass is 268 g/mol. The molecule has 1 aromatic carbocycles. The van der Waals surface area contributed by atoms with E-state index in [0.29, 0.717) is 12.0 Å². The van der Waals surface area contributed by atoms with Crippen LogP contribution in [0, 0.1) is 11.8 Å². The number of fused-ring (bicyclic) bond motifs is 1. The molecule has 1 aliphatic carbocycles. The summed E-state index contributed by atoms with van der Waals surface area (Å²) < 4.78 is 12.4. The summed E-state index contributed by atoms with van der Waals surface area (Å²) in [7, 11) is 0. The summed E-state index contributed by atoms with van der Waals surface area (Å²) >= 11 is 3.40. The van der Waals surface area contributed by atoms with Crippen molar-refractivity contribution in [1.29, 1.82) is 0 Å². The van der Waals surface area contributed by atoms with Crippen LogP contribution in [0.1, 0.15) is 6.42 Å². The van der Waals surface area contributed by atoms with E-state index in [1.807, 2.05) is 24.3 Å². The molecule has 1 aliphatic heterocycles. The molecule has 80 valence electrons. The van der Waals surface area contributed by atoms with Crippen LogP contribution in [0.3, 0.4) is 0 Å². The van der Waals surface area contributed by atoms with E-state index >= 15 is 0 Å². The van der Waals surface area contributed by atoms with Crippen molar-refractivity contribution in [3.8, 4) is 5.75 Å². The number of hydrogen-bond donors (Lipinski definition) is 0. The molecule has 3 rings (SSSR count). The van der Waals surface area contributed by atoms with Crippen LogP contribution >= 0.6 is 15.9 Å². The lowest BCUT2D eigenvalue weighted by Crippen LogP contribution is -2.07. The van der Waals surface area contributed by atoms with Gasteiger partial charge in [0.2, 0.25) is 0 Å². The highest BCUT2D eigenvalue weighted by Gasteiger charge is 2.54. The molecule has 0 unspecified atom stereocenters. The van der Waals surface area contributed by atoms with Crippen molar-refractivity contribution < 1.29 is 9.47 Å². The molecule has 3 atom stereocenters. The topological polar surface area (TPSA) is 18.5 Å². The normalized spacial score (nSPS) is 32.5. The van der Waals surface area contributed by atoms with Crippen LogP contribution in [-0.2, 0) is 4.74 Å². The minimum absolute atomic E-state index is 0.500. The molecule has 1 saturated heterocycles. The van der Waals surface area contributed by atoms with E-state index in [1.54, 1.807) is 0 Å². The van der Waals surface area contributed by atoms with Gasteiger partial charge in [0.25, 0.3) is 0 Å². The van der Waals surface area contributed by atoms with Crippen LogP contribution in [0.5, 0.6) is 5.75 Å². The number of ether oxygens (including phenoxy) is 2. The number of halogens is 1. The Bertz CT molecular complexity index is 339. The summed E-state index contributed by atoms with van der Waals surface area (Å²) in [6.45, 7) is 1.75. The van der Waals surface area contributed by atoms with E-state index in [2.05, 4.69) is 15.9 Å². The fourth-order valence-electron chi connectivity index (χ4n) is 2.32. The smallest absolute Gasteiger partial charge is 0.119 e. The van der Waals surface area contributed by atoms with Gasteiger partial charge in [0.1, 0.15) is 5.75 Å². The van der Waals surface area contributed by atoms with E-state index in [0.717, 1.165) is 29.4 Å². The van der Waals surface area contributed by atoms with E-state index in [-0.39, 0.29) is 0 Å². The minimum Gasteiger partial charge on any atom is -0.493 e. The lowest BCUT2D eigenvalue weighted by atomic mass is 10.2. The van der Waals surface area contributed by atoms with Gasteiger partial charge in [0.05, 0.1) is 12.7 Å². The Kier molecular flexibility index (Phi) is 2.45. The Hall–Kier alpha value is -0.540. The van der Waals surface area contributed by atoms with Gasteiger partial charge in [0.15, 0.2) is 0 Å². The van der Waals surface area contributed by atoms with Crippen LogP contribution in [-0.4, -0.2) is 19.3 Å². The quantitative estimate of drug-likeness (QED) is 0.840. The Morgan fingerprint density at radius 1 is 1.33 bits per heavy atom. The predicted molar refractivity (Wildman–Crippen MR) is 61.0 cm³/mol. The summed E-state index contributed by atoms with van der Waals surface area (Å²) in [5.74, 6) is 2.37. The molecule has 1 saturated carbocycles. The largest absolute Gasteiger partial charge is 0.493 e. The molecule has 0 amide bonds. The Balaban J connectivity index is 1.52. The molecule has 2 aliphatic rings. The van der Waals surface area contributed by atoms with Gasteiger partial charge in [-0.25, -0.2) is 0 Å². The highest BCUT2D eigenvalue weighted by atomic mass is 79.9. The summed E-state index contributed by atoms with van der Waals surface area (Å²) in [6, 6.07) is 7.98. The Labute approximate surface area is 97.7 Å². The van der Waals surface area contributed by atoms with Crippen molar-refractivity contribution in [3.05, 3.63) is 28.7 Å². The Morgan fingerprint density at radius 2 is 2.13 bits per heavy atom. The Morgan fingerprint density at radius 3 is 2.80 bits per heavy atom. The molecule has 2 nitrogen and oxygen atoms in total. The van der Waals surface area contributed by atoms with Gasteiger partial charge >= 0.3 is 0 Å². The maximum Gasteiger partial charge on any atom is 0.119 e. The minimum atomic E-state index is 0.500. The zero-order chi connectivity index (χ0) is 10.3. The number of benzene rings is 1. The molecule has 0 N–H and O–H groups in total. The fourth-order valence-corrected chi connectivity index (χ4v) is 2.58. The lowest BCUT2D eigenvalue weighted by molar-refractivity contribution is 0.123. The fraction of sp³-hybridized carbons (Fsp3) is 0.500. The van der Waals surface area contributed by atoms with E-state index in [1.165, 1.54) is 6.42 Å². The first kappa shape index (κ1) is 9.67. The van der Waals surface area contributed by atoms with Crippen LogP contribution < -0.4 is 4.74 Å². The molecule has 0 radical (unpaired) electrons. The maximum absolute atomic E-state index is 5.72. The van der Waals surface area contributed by atoms with Crippen molar-refractivity contribution in [2.24, 2.45) is 11.8 Å². The molecule has 1 heterocycles.